The Kier molecular flexibility index (Phi) is 4.66. The molecule has 0 radical (unpaired) electrons. The van der Waals surface area contributed by atoms with Crippen LogP contribution in [0.4, 0.5) is 0 Å². The van der Waals surface area contributed by atoms with Gasteiger partial charge in [-0.15, -0.1) is 0 Å². The third-order valence-corrected chi connectivity index (χ3v) is 2.75. The van der Waals surface area contributed by atoms with Crippen LogP contribution >= 0.6 is 0 Å². The van der Waals surface area contributed by atoms with Crippen LogP contribution in [-0.4, -0.2) is 24.5 Å². The van der Waals surface area contributed by atoms with Gasteiger partial charge in [0.25, 0.3) is 0 Å². The van der Waals surface area contributed by atoms with Gasteiger partial charge in [-0.1, -0.05) is 13.0 Å². The van der Waals surface area contributed by atoms with Crippen molar-refractivity contribution < 1.29 is 9.90 Å². The summed E-state index contributed by atoms with van der Waals surface area (Å²) >= 11 is 0. The van der Waals surface area contributed by atoms with Gasteiger partial charge in [-0.2, -0.15) is 0 Å². The highest BCUT2D eigenvalue weighted by atomic mass is 16.3. The van der Waals surface area contributed by atoms with Gasteiger partial charge in [0.05, 0.1) is 0 Å². The van der Waals surface area contributed by atoms with Crippen LogP contribution < -0.4 is 5.32 Å². The van der Waals surface area contributed by atoms with Crippen molar-refractivity contribution in [2.45, 2.75) is 26.2 Å². The van der Waals surface area contributed by atoms with E-state index in [1.807, 2.05) is 0 Å². The Morgan fingerprint density at radius 1 is 1.71 bits per heavy atom. The molecule has 1 aliphatic carbocycles. The van der Waals surface area contributed by atoms with E-state index in [0.717, 1.165) is 32.1 Å². The summed E-state index contributed by atoms with van der Waals surface area (Å²) < 4.78 is 0. The van der Waals surface area contributed by atoms with Crippen molar-refractivity contribution in [2.24, 2.45) is 11.8 Å². The molecular weight excluding hydrogens is 178 g/mol. The SMILES string of the molecule is CC1C=C(NCCCO)CCC1C=O. The van der Waals surface area contributed by atoms with Gasteiger partial charge in [-0.05, 0) is 25.2 Å². The maximum Gasteiger partial charge on any atom is 0.123 e. The lowest BCUT2D eigenvalue weighted by molar-refractivity contribution is -0.112. The molecule has 0 heterocycles. The first-order chi connectivity index (χ1) is 6.77. The Labute approximate surface area is 85.2 Å². The number of hydrogen-bond acceptors (Lipinski definition) is 3. The van der Waals surface area contributed by atoms with Crippen molar-refractivity contribution in [1.29, 1.82) is 0 Å². The minimum absolute atomic E-state index is 0.193. The zero-order valence-electron chi connectivity index (χ0n) is 8.70. The van der Waals surface area contributed by atoms with Gasteiger partial charge in [0.15, 0.2) is 0 Å². The minimum Gasteiger partial charge on any atom is -0.396 e. The van der Waals surface area contributed by atoms with Crippen molar-refractivity contribution >= 4 is 6.29 Å². The number of aliphatic hydroxyl groups is 1. The molecule has 0 fully saturated rings. The van der Waals surface area contributed by atoms with E-state index < -0.39 is 0 Å². The van der Waals surface area contributed by atoms with Crippen molar-refractivity contribution in [3.8, 4) is 0 Å². The first-order valence-corrected chi connectivity index (χ1v) is 5.28. The Bertz CT molecular complexity index is 213. The highest BCUT2D eigenvalue weighted by Gasteiger charge is 2.20. The van der Waals surface area contributed by atoms with Crippen LogP contribution in [0, 0.1) is 11.8 Å². The van der Waals surface area contributed by atoms with Crippen LogP contribution in [0.1, 0.15) is 26.2 Å². The molecule has 0 aromatic carbocycles. The summed E-state index contributed by atoms with van der Waals surface area (Å²) in [5.41, 5.74) is 1.23. The van der Waals surface area contributed by atoms with Gasteiger partial charge in [0.1, 0.15) is 6.29 Å². The van der Waals surface area contributed by atoms with Gasteiger partial charge in [0, 0.05) is 24.8 Å². The average Bonchev–Trinajstić information content (AvgIpc) is 2.18. The van der Waals surface area contributed by atoms with Gasteiger partial charge in [0.2, 0.25) is 0 Å². The molecule has 0 aromatic rings. The monoisotopic (exact) mass is 197 g/mol. The van der Waals surface area contributed by atoms with E-state index >= 15 is 0 Å². The summed E-state index contributed by atoms with van der Waals surface area (Å²) in [5, 5.41) is 11.9. The predicted molar refractivity (Wildman–Crippen MR) is 55.7 cm³/mol. The molecule has 0 aliphatic heterocycles. The maximum atomic E-state index is 10.7. The summed E-state index contributed by atoms with van der Waals surface area (Å²) in [6.45, 7) is 3.12. The largest absolute Gasteiger partial charge is 0.396 e. The lowest BCUT2D eigenvalue weighted by Gasteiger charge is -2.24. The number of carbonyl (C=O) groups is 1. The van der Waals surface area contributed by atoms with Crippen LogP contribution in [0.3, 0.4) is 0 Å². The molecule has 0 saturated heterocycles. The Balaban J connectivity index is 2.36. The number of rotatable bonds is 5. The van der Waals surface area contributed by atoms with Crippen LogP contribution in [0.25, 0.3) is 0 Å². The zero-order chi connectivity index (χ0) is 10.4. The van der Waals surface area contributed by atoms with Crippen molar-refractivity contribution in [1.82, 2.24) is 5.32 Å². The summed E-state index contributed by atoms with van der Waals surface area (Å²) in [5.74, 6) is 0.538. The van der Waals surface area contributed by atoms with E-state index in [-0.39, 0.29) is 12.5 Å². The molecule has 2 unspecified atom stereocenters. The Hall–Kier alpha value is -0.830. The van der Waals surface area contributed by atoms with Gasteiger partial charge >= 0.3 is 0 Å². The van der Waals surface area contributed by atoms with Crippen LogP contribution in [0.2, 0.25) is 0 Å². The second-order valence-corrected chi connectivity index (χ2v) is 3.89. The van der Waals surface area contributed by atoms with E-state index in [1.54, 1.807) is 0 Å². The first-order valence-electron chi connectivity index (χ1n) is 5.28. The molecule has 14 heavy (non-hydrogen) atoms. The zero-order valence-corrected chi connectivity index (χ0v) is 8.70. The second kappa shape index (κ2) is 5.81. The maximum absolute atomic E-state index is 10.7. The van der Waals surface area contributed by atoms with Crippen molar-refractivity contribution in [3.05, 3.63) is 11.8 Å². The van der Waals surface area contributed by atoms with E-state index in [9.17, 15) is 4.79 Å². The molecule has 1 aliphatic rings. The molecule has 0 amide bonds. The quantitative estimate of drug-likeness (QED) is 0.512. The topological polar surface area (TPSA) is 49.3 Å². The highest BCUT2D eigenvalue weighted by molar-refractivity contribution is 5.55. The molecule has 0 bridgehead atoms. The third-order valence-electron chi connectivity index (χ3n) is 2.75. The summed E-state index contributed by atoms with van der Waals surface area (Å²) in [4.78, 5) is 10.7. The molecule has 0 aromatic heterocycles. The van der Waals surface area contributed by atoms with Crippen molar-refractivity contribution in [3.63, 3.8) is 0 Å². The lowest BCUT2D eigenvalue weighted by atomic mass is 9.85. The van der Waals surface area contributed by atoms with E-state index in [1.165, 1.54) is 5.70 Å². The summed E-state index contributed by atoms with van der Waals surface area (Å²) in [7, 11) is 0. The molecule has 80 valence electrons. The third kappa shape index (κ3) is 3.14. The number of carbonyl (C=O) groups excluding carboxylic acids is 1. The molecule has 2 atom stereocenters. The fourth-order valence-electron chi connectivity index (χ4n) is 1.78. The number of aliphatic hydroxyl groups excluding tert-OH is 1. The van der Waals surface area contributed by atoms with Crippen LogP contribution in [-0.2, 0) is 4.79 Å². The van der Waals surface area contributed by atoms with Crippen molar-refractivity contribution in [2.75, 3.05) is 13.2 Å². The van der Waals surface area contributed by atoms with Gasteiger partial charge in [-0.3, -0.25) is 0 Å². The Morgan fingerprint density at radius 3 is 3.07 bits per heavy atom. The fourth-order valence-corrected chi connectivity index (χ4v) is 1.78. The molecule has 0 saturated carbocycles. The summed E-state index contributed by atoms with van der Waals surface area (Å²) in [6.07, 6.45) is 5.89. The predicted octanol–water partition coefficient (Wildman–Crippen LogP) is 1.09. The molecule has 3 heteroatoms. The molecule has 1 rings (SSSR count). The number of aldehydes is 1. The molecular formula is C11H19NO2. The fraction of sp³-hybridized carbons (Fsp3) is 0.727. The van der Waals surface area contributed by atoms with Gasteiger partial charge < -0.3 is 15.2 Å². The van der Waals surface area contributed by atoms with Crippen LogP contribution in [0.15, 0.2) is 11.8 Å². The number of hydrogen-bond donors (Lipinski definition) is 2. The Morgan fingerprint density at radius 2 is 2.50 bits per heavy atom. The number of nitrogens with one attached hydrogen (secondary N) is 1. The second-order valence-electron chi connectivity index (χ2n) is 3.89. The van der Waals surface area contributed by atoms with Crippen LogP contribution in [0.5, 0.6) is 0 Å². The smallest absolute Gasteiger partial charge is 0.123 e. The standard InChI is InChI=1S/C11H19NO2/c1-9-7-11(12-5-2-6-13)4-3-10(9)8-14/h7-10,12-13H,2-6H2,1H3. The summed E-state index contributed by atoms with van der Waals surface area (Å²) in [6, 6.07) is 0. The number of allylic oxidation sites excluding steroid dienone is 2. The minimum atomic E-state index is 0.193. The molecule has 0 spiro atoms. The van der Waals surface area contributed by atoms with E-state index in [4.69, 9.17) is 5.11 Å². The first kappa shape index (κ1) is 11.2. The molecule has 2 N–H and O–H groups in total. The normalized spacial score (nSPS) is 26.9. The highest BCUT2D eigenvalue weighted by Crippen LogP contribution is 2.25. The van der Waals surface area contributed by atoms with Gasteiger partial charge in [-0.25, -0.2) is 0 Å². The van der Waals surface area contributed by atoms with E-state index in [0.29, 0.717) is 5.92 Å². The average molecular weight is 197 g/mol. The van der Waals surface area contributed by atoms with E-state index in [2.05, 4.69) is 18.3 Å². The lowest BCUT2D eigenvalue weighted by Crippen LogP contribution is -2.24. The molecule has 3 nitrogen and oxygen atoms in total.